The first kappa shape index (κ1) is 13.9. The molecule has 19 heavy (non-hydrogen) atoms. The van der Waals surface area contributed by atoms with Gasteiger partial charge in [-0.05, 0) is 56.4 Å². The molecule has 1 saturated heterocycles. The number of rotatable bonds is 6. The minimum atomic E-state index is 0.479. The molecular weight excluding hydrogens is 234 g/mol. The van der Waals surface area contributed by atoms with E-state index < -0.39 is 0 Å². The SMILES string of the molecule is CC(C)CNCC1(C2CCCC2)CCOC1C1CC1. The van der Waals surface area contributed by atoms with Crippen LogP contribution in [0.15, 0.2) is 0 Å². The Bertz CT molecular complexity index is 294. The van der Waals surface area contributed by atoms with Crippen LogP contribution in [-0.4, -0.2) is 25.8 Å². The van der Waals surface area contributed by atoms with Crippen LogP contribution in [0.1, 0.15) is 58.8 Å². The molecule has 3 rings (SSSR count). The van der Waals surface area contributed by atoms with Crippen molar-refractivity contribution in [2.75, 3.05) is 19.7 Å². The molecule has 0 radical (unpaired) electrons. The van der Waals surface area contributed by atoms with Gasteiger partial charge in [0.25, 0.3) is 0 Å². The Kier molecular flexibility index (Phi) is 4.19. The molecule has 0 aromatic carbocycles. The fourth-order valence-corrected chi connectivity index (χ4v) is 4.55. The average Bonchev–Trinajstić information content (AvgIpc) is 2.92. The van der Waals surface area contributed by atoms with Crippen molar-refractivity contribution >= 4 is 0 Å². The van der Waals surface area contributed by atoms with E-state index in [0.717, 1.165) is 30.9 Å². The highest BCUT2D eigenvalue weighted by atomic mass is 16.5. The van der Waals surface area contributed by atoms with Crippen molar-refractivity contribution in [3.63, 3.8) is 0 Å². The average molecular weight is 265 g/mol. The van der Waals surface area contributed by atoms with Crippen LogP contribution in [0.5, 0.6) is 0 Å². The van der Waals surface area contributed by atoms with Crippen molar-refractivity contribution in [1.29, 1.82) is 0 Å². The second-order valence-corrected chi connectivity index (χ2v) is 7.62. The van der Waals surface area contributed by atoms with E-state index in [1.54, 1.807) is 0 Å². The molecule has 0 spiro atoms. The van der Waals surface area contributed by atoms with Gasteiger partial charge >= 0.3 is 0 Å². The molecule has 0 aromatic heterocycles. The maximum Gasteiger partial charge on any atom is 0.0675 e. The molecule has 2 saturated carbocycles. The summed E-state index contributed by atoms with van der Waals surface area (Å²) in [6.07, 6.45) is 10.5. The highest BCUT2D eigenvalue weighted by Gasteiger charge is 2.54. The summed E-state index contributed by atoms with van der Waals surface area (Å²) in [6.45, 7) is 7.99. The fraction of sp³-hybridized carbons (Fsp3) is 1.00. The van der Waals surface area contributed by atoms with Crippen LogP contribution >= 0.6 is 0 Å². The van der Waals surface area contributed by atoms with E-state index in [9.17, 15) is 0 Å². The summed E-state index contributed by atoms with van der Waals surface area (Å²) in [6, 6.07) is 0. The van der Waals surface area contributed by atoms with Crippen LogP contribution in [0.25, 0.3) is 0 Å². The number of ether oxygens (including phenoxy) is 1. The van der Waals surface area contributed by atoms with Gasteiger partial charge in [-0.25, -0.2) is 0 Å². The van der Waals surface area contributed by atoms with Gasteiger partial charge in [-0.1, -0.05) is 26.7 Å². The Labute approximate surface area is 118 Å². The van der Waals surface area contributed by atoms with Gasteiger partial charge in [0.05, 0.1) is 6.10 Å². The zero-order valence-corrected chi connectivity index (χ0v) is 12.8. The Morgan fingerprint density at radius 1 is 1.16 bits per heavy atom. The molecule has 110 valence electrons. The lowest BCUT2D eigenvalue weighted by molar-refractivity contribution is 0.000160. The smallest absolute Gasteiger partial charge is 0.0675 e. The minimum absolute atomic E-state index is 0.479. The Morgan fingerprint density at radius 2 is 1.89 bits per heavy atom. The molecule has 3 aliphatic rings. The first-order chi connectivity index (χ1) is 9.22. The van der Waals surface area contributed by atoms with Gasteiger partial charge in [-0.15, -0.1) is 0 Å². The molecule has 2 atom stereocenters. The monoisotopic (exact) mass is 265 g/mol. The molecule has 1 aliphatic heterocycles. The first-order valence-electron chi connectivity index (χ1n) is 8.55. The third-order valence-electron chi connectivity index (χ3n) is 5.66. The van der Waals surface area contributed by atoms with Gasteiger partial charge in [0, 0.05) is 18.6 Å². The number of hydrogen-bond acceptors (Lipinski definition) is 2. The van der Waals surface area contributed by atoms with Crippen LogP contribution in [0.4, 0.5) is 0 Å². The molecular formula is C17H31NO. The van der Waals surface area contributed by atoms with Crippen molar-refractivity contribution in [2.24, 2.45) is 23.2 Å². The van der Waals surface area contributed by atoms with Crippen molar-refractivity contribution in [1.82, 2.24) is 5.32 Å². The van der Waals surface area contributed by atoms with E-state index >= 15 is 0 Å². The van der Waals surface area contributed by atoms with Crippen molar-refractivity contribution < 1.29 is 4.74 Å². The van der Waals surface area contributed by atoms with Crippen molar-refractivity contribution in [2.45, 2.75) is 64.9 Å². The van der Waals surface area contributed by atoms with E-state index in [2.05, 4.69) is 19.2 Å². The van der Waals surface area contributed by atoms with Gasteiger partial charge < -0.3 is 10.1 Å². The fourth-order valence-electron chi connectivity index (χ4n) is 4.55. The van der Waals surface area contributed by atoms with Crippen LogP contribution in [-0.2, 0) is 4.74 Å². The van der Waals surface area contributed by atoms with Crippen LogP contribution in [0.3, 0.4) is 0 Å². The van der Waals surface area contributed by atoms with Gasteiger partial charge in [-0.2, -0.15) is 0 Å². The highest BCUT2D eigenvalue weighted by molar-refractivity contribution is 5.04. The Hall–Kier alpha value is -0.0800. The van der Waals surface area contributed by atoms with Crippen LogP contribution in [0.2, 0.25) is 0 Å². The molecule has 0 amide bonds. The standard InChI is InChI=1S/C17H31NO/c1-13(2)11-18-12-17(15-5-3-4-6-15)9-10-19-16(17)14-7-8-14/h13-16,18H,3-12H2,1-2H3. The van der Waals surface area contributed by atoms with Crippen molar-refractivity contribution in [3.8, 4) is 0 Å². The van der Waals surface area contributed by atoms with Crippen LogP contribution in [0, 0.1) is 23.2 Å². The summed E-state index contributed by atoms with van der Waals surface area (Å²) < 4.78 is 6.22. The van der Waals surface area contributed by atoms with E-state index in [-0.39, 0.29) is 0 Å². The second kappa shape index (κ2) is 5.73. The van der Waals surface area contributed by atoms with Gasteiger partial charge in [0.2, 0.25) is 0 Å². The van der Waals surface area contributed by atoms with Gasteiger partial charge in [0.1, 0.15) is 0 Å². The van der Waals surface area contributed by atoms with E-state index in [1.807, 2.05) is 0 Å². The molecule has 1 heterocycles. The highest BCUT2D eigenvalue weighted by Crippen LogP contribution is 2.54. The lowest BCUT2D eigenvalue weighted by atomic mass is 9.68. The summed E-state index contributed by atoms with van der Waals surface area (Å²) in [5.74, 6) is 2.58. The molecule has 1 N–H and O–H groups in total. The largest absolute Gasteiger partial charge is 0.377 e. The van der Waals surface area contributed by atoms with Crippen molar-refractivity contribution in [3.05, 3.63) is 0 Å². The van der Waals surface area contributed by atoms with Gasteiger partial charge in [-0.3, -0.25) is 0 Å². The molecule has 2 heteroatoms. The predicted octanol–water partition coefficient (Wildman–Crippen LogP) is 3.61. The van der Waals surface area contributed by atoms with Crippen LogP contribution < -0.4 is 5.32 Å². The zero-order chi connectivity index (χ0) is 13.3. The zero-order valence-electron chi connectivity index (χ0n) is 12.8. The predicted molar refractivity (Wildman–Crippen MR) is 79.2 cm³/mol. The van der Waals surface area contributed by atoms with E-state index in [1.165, 1.54) is 51.5 Å². The third kappa shape index (κ3) is 2.85. The topological polar surface area (TPSA) is 21.3 Å². The quantitative estimate of drug-likeness (QED) is 0.792. The van der Waals surface area contributed by atoms with E-state index in [0.29, 0.717) is 11.5 Å². The maximum atomic E-state index is 6.22. The summed E-state index contributed by atoms with van der Waals surface area (Å²) in [5.41, 5.74) is 0.479. The summed E-state index contributed by atoms with van der Waals surface area (Å²) in [7, 11) is 0. The first-order valence-corrected chi connectivity index (χ1v) is 8.55. The minimum Gasteiger partial charge on any atom is -0.377 e. The Balaban J connectivity index is 1.70. The van der Waals surface area contributed by atoms with Gasteiger partial charge in [0.15, 0.2) is 0 Å². The maximum absolute atomic E-state index is 6.22. The summed E-state index contributed by atoms with van der Waals surface area (Å²) in [5, 5.41) is 3.78. The van der Waals surface area contributed by atoms with E-state index in [4.69, 9.17) is 4.74 Å². The second-order valence-electron chi connectivity index (χ2n) is 7.62. The summed E-state index contributed by atoms with van der Waals surface area (Å²) in [4.78, 5) is 0. The molecule has 0 aromatic rings. The number of nitrogens with one attached hydrogen (secondary N) is 1. The Morgan fingerprint density at radius 3 is 2.53 bits per heavy atom. The number of hydrogen-bond donors (Lipinski definition) is 1. The molecule has 2 nitrogen and oxygen atoms in total. The third-order valence-corrected chi connectivity index (χ3v) is 5.66. The molecule has 2 aliphatic carbocycles. The summed E-state index contributed by atoms with van der Waals surface area (Å²) >= 11 is 0. The molecule has 0 bridgehead atoms. The normalized spacial score (nSPS) is 36.5. The lowest BCUT2D eigenvalue weighted by Crippen LogP contribution is -2.47. The molecule has 3 fully saturated rings. The lowest BCUT2D eigenvalue weighted by Gasteiger charge is -2.40. The molecule has 2 unspecified atom stereocenters.